The summed E-state index contributed by atoms with van der Waals surface area (Å²) in [4.78, 5) is 12.8. The number of hydrogen-bond donors (Lipinski definition) is 1. The number of benzene rings is 2. The van der Waals surface area contributed by atoms with Crippen molar-refractivity contribution in [1.29, 1.82) is 0 Å². The Hall–Kier alpha value is -2.22. The monoisotopic (exact) mass is 430 g/mol. The fraction of sp³-hybridized carbons (Fsp3) is 0.435. The van der Waals surface area contributed by atoms with E-state index in [2.05, 4.69) is 5.32 Å². The molecule has 30 heavy (non-hydrogen) atoms. The van der Waals surface area contributed by atoms with Gasteiger partial charge in [0.05, 0.1) is 11.0 Å². The van der Waals surface area contributed by atoms with Gasteiger partial charge in [0, 0.05) is 31.3 Å². The third-order valence-corrected chi connectivity index (χ3v) is 7.48. The first kappa shape index (κ1) is 22.5. The number of carbonyl (C=O) groups excluding carboxylic acids is 1. The van der Waals surface area contributed by atoms with Gasteiger partial charge in [-0.3, -0.25) is 4.79 Å². The van der Waals surface area contributed by atoms with Crippen molar-refractivity contribution in [3.8, 4) is 0 Å². The Bertz CT molecular complexity index is 929. The summed E-state index contributed by atoms with van der Waals surface area (Å²) in [6.45, 7) is 5.28. The lowest BCUT2D eigenvalue weighted by molar-refractivity contribution is 0.0586. The Morgan fingerprint density at radius 1 is 1.13 bits per heavy atom. The van der Waals surface area contributed by atoms with Crippen LogP contribution in [0.15, 0.2) is 59.5 Å². The highest BCUT2D eigenvalue weighted by atomic mass is 32.2. The van der Waals surface area contributed by atoms with Crippen LogP contribution in [-0.2, 0) is 14.8 Å². The van der Waals surface area contributed by atoms with Crippen molar-refractivity contribution in [2.45, 2.75) is 50.2 Å². The highest BCUT2D eigenvalue weighted by Gasteiger charge is 2.30. The second-order valence-corrected chi connectivity index (χ2v) is 9.44. The molecule has 0 radical (unpaired) electrons. The molecule has 7 heteroatoms. The molecule has 3 rings (SSSR count). The molecule has 1 aliphatic rings. The molecule has 0 unspecified atom stereocenters. The van der Waals surface area contributed by atoms with Gasteiger partial charge in [0.2, 0.25) is 10.0 Å². The molecule has 0 spiro atoms. The van der Waals surface area contributed by atoms with Crippen molar-refractivity contribution in [2.75, 3.05) is 19.7 Å². The SMILES string of the molecule is CCO[C@H](CNC(=O)c1ccc(S(=O)(=O)N2CCCC[C@H]2C)cc1)c1ccccc1. The molecule has 2 aromatic rings. The molecule has 1 fully saturated rings. The molecule has 1 aliphatic heterocycles. The molecular formula is C23H30N2O4S. The Kier molecular flexibility index (Phi) is 7.64. The second kappa shape index (κ2) is 10.2. The van der Waals surface area contributed by atoms with E-state index in [1.165, 1.54) is 12.1 Å². The topological polar surface area (TPSA) is 75.7 Å². The zero-order valence-electron chi connectivity index (χ0n) is 17.6. The number of piperidine rings is 1. The van der Waals surface area contributed by atoms with Crippen molar-refractivity contribution in [3.05, 3.63) is 65.7 Å². The fourth-order valence-electron chi connectivity index (χ4n) is 3.77. The summed E-state index contributed by atoms with van der Waals surface area (Å²) in [6, 6.07) is 15.9. The number of amides is 1. The molecule has 0 bridgehead atoms. The van der Waals surface area contributed by atoms with Crippen LogP contribution in [0.5, 0.6) is 0 Å². The predicted molar refractivity (Wildman–Crippen MR) is 117 cm³/mol. The molecule has 6 nitrogen and oxygen atoms in total. The van der Waals surface area contributed by atoms with Gasteiger partial charge in [-0.1, -0.05) is 36.8 Å². The molecule has 1 amide bonds. The van der Waals surface area contributed by atoms with Crippen LogP contribution >= 0.6 is 0 Å². The average Bonchev–Trinajstić information content (AvgIpc) is 2.77. The fourth-order valence-corrected chi connectivity index (χ4v) is 5.47. The standard InChI is InChI=1S/C23H30N2O4S/c1-3-29-22(19-10-5-4-6-11-19)17-24-23(26)20-12-14-21(15-13-20)30(27,28)25-16-8-7-9-18(25)2/h4-6,10-15,18,22H,3,7-9,16-17H2,1-2H3,(H,24,26)/t18-,22-/m1/s1. The van der Waals surface area contributed by atoms with Crippen molar-refractivity contribution in [1.82, 2.24) is 9.62 Å². The van der Waals surface area contributed by atoms with E-state index in [1.54, 1.807) is 16.4 Å². The first-order valence-corrected chi connectivity index (χ1v) is 11.9. The van der Waals surface area contributed by atoms with Crippen molar-refractivity contribution in [2.24, 2.45) is 0 Å². The minimum absolute atomic E-state index is 0.000195. The summed E-state index contributed by atoms with van der Waals surface area (Å²) < 4.78 is 33.2. The van der Waals surface area contributed by atoms with E-state index in [-0.39, 0.29) is 22.9 Å². The van der Waals surface area contributed by atoms with Crippen molar-refractivity contribution in [3.63, 3.8) is 0 Å². The molecule has 2 atom stereocenters. The van der Waals surface area contributed by atoms with Crippen molar-refractivity contribution < 1.29 is 17.9 Å². The van der Waals surface area contributed by atoms with E-state index >= 15 is 0 Å². The third-order valence-electron chi connectivity index (χ3n) is 5.45. The number of sulfonamides is 1. The van der Waals surface area contributed by atoms with E-state index in [1.807, 2.05) is 44.2 Å². The molecule has 1 N–H and O–H groups in total. The Morgan fingerprint density at radius 3 is 2.47 bits per heavy atom. The van der Waals surface area contributed by atoms with Crippen LogP contribution in [0.3, 0.4) is 0 Å². The summed E-state index contributed by atoms with van der Waals surface area (Å²) in [6.07, 6.45) is 2.58. The maximum Gasteiger partial charge on any atom is 0.251 e. The summed E-state index contributed by atoms with van der Waals surface area (Å²) >= 11 is 0. The summed E-state index contributed by atoms with van der Waals surface area (Å²) in [5.74, 6) is -0.258. The number of nitrogens with zero attached hydrogens (tertiary/aromatic N) is 1. The van der Waals surface area contributed by atoms with Gasteiger partial charge in [-0.15, -0.1) is 0 Å². The van der Waals surface area contributed by atoms with E-state index in [4.69, 9.17) is 4.74 Å². The lowest BCUT2D eigenvalue weighted by atomic mass is 10.1. The van der Waals surface area contributed by atoms with E-state index in [9.17, 15) is 13.2 Å². The van der Waals surface area contributed by atoms with Gasteiger partial charge in [0.1, 0.15) is 0 Å². The number of nitrogens with one attached hydrogen (secondary N) is 1. The molecule has 0 aromatic heterocycles. The normalized spacial score (nSPS) is 18.7. The van der Waals surface area contributed by atoms with Crippen LogP contribution in [-0.4, -0.2) is 44.4 Å². The number of hydrogen-bond acceptors (Lipinski definition) is 4. The summed E-state index contributed by atoms with van der Waals surface area (Å²) in [5.41, 5.74) is 1.42. The summed E-state index contributed by atoms with van der Waals surface area (Å²) in [7, 11) is -3.54. The van der Waals surface area contributed by atoms with Gasteiger partial charge in [0.25, 0.3) is 5.91 Å². The number of rotatable bonds is 8. The van der Waals surface area contributed by atoms with Crippen LogP contribution < -0.4 is 5.32 Å². The van der Waals surface area contributed by atoms with Gasteiger partial charge < -0.3 is 10.1 Å². The minimum Gasteiger partial charge on any atom is -0.372 e. The Balaban J connectivity index is 1.66. The lowest BCUT2D eigenvalue weighted by Gasteiger charge is -2.32. The smallest absolute Gasteiger partial charge is 0.251 e. The van der Waals surface area contributed by atoms with Gasteiger partial charge in [-0.2, -0.15) is 4.31 Å². The first-order valence-electron chi connectivity index (χ1n) is 10.5. The van der Waals surface area contributed by atoms with Gasteiger partial charge in [0.15, 0.2) is 0 Å². The van der Waals surface area contributed by atoms with Gasteiger partial charge in [-0.05, 0) is 56.5 Å². The molecule has 162 valence electrons. The van der Waals surface area contributed by atoms with E-state index in [0.717, 1.165) is 24.8 Å². The van der Waals surface area contributed by atoms with E-state index < -0.39 is 10.0 Å². The molecule has 0 aliphatic carbocycles. The highest BCUT2D eigenvalue weighted by Crippen LogP contribution is 2.25. The van der Waals surface area contributed by atoms with Crippen LogP contribution in [0.25, 0.3) is 0 Å². The zero-order chi connectivity index (χ0) is 21.6. The van der Waals surface area contributed by atoms with Crippen molar-refractivity contribution >= 4 is 15.9 Å². The molecule has 1 heterocycles. The van der Waals surface area contributed by atoms with Gasteiger partial charge >= 0.3 is 0 Å². The maximum absolute atomic E-state index is 12.9. The largest absolute Gasteiger partial charge is 0.372 e. The molecule has 1 saturated heterocycles. The van der Waals surface area contributed by atoms with Gasteiger partial charge in [-0.25, -0.2) is 8.42 Å². The quantitative estimate of drug-likeness (QED) is 0.692. The lowest BCUT2D eigenvalue weighted by Crippen LogP contribution is -2.41. The Morgan fingerprint density at radius 2 is 1.83 bits per heavy atom. The maximum atomic E-state index is 12.9. The van der Waals surface area contributed by atoms with Crippen LogP contribution in [0.4, 0.5) is 0 Å². The van der Waals surface area contributed by atoms with E-state index in [0.29, 0.717) is 25.3 Å². The average molecular weight is 431 g/mol. The molecule has 2 aromatic carbocycles. The summed E-state index contributed by atoms with van der Waals surface area (Å²) in [5, 5.41) is 2.89. The zero-order valence-corrected chi connectivity index (χ0v) is 18.4. The Labute approximate surface area is 179 Å². The second-order valence-electron chi connectivity index (χ2n) is 7.55. The molecule has 0 saturated carbocycles. The van der Waals surface area contributed by atoms with Crippen LogP contribution in [0.1, 0.15) is 55.1 Å². The predicted octanol–water partition coefficient (Wildman–Crippen LogP) is 3.76. The molecular weight excluding hydrogens is 400 g/mol. The van der Waals surface area contributed by atoms with Crippen LogP contribution in [0, 0.1) is 0 Å². The minimum atomic E-state index is -3.54. The first-order chi connectivity index (χ1) is 14.4. The third kappa shape index (κ3) is 5.28. The number of ether oxygens (including phenoxy) is 1. The highest BCUT2D eigenvalue weighted by molar-refractivity contribution is 7.89. The number of carbonyl (C=O) groups is 1. The van der Waals surface area contributed by atoms with Crippen LogP contribution in [0.2, 0.25) is 0 Å².